The van der Waals surface area contributed by atoms with E-state index < -0.39 is 5.92 Å². The van der Waals surface area contributed by atoms with E-state index in [4.69, 9.17) is 4.74 Å². The van der Waals surface area contributed by atoms with Crippen molar-refractivity contribution in [3.05, 3.63) is 0 Å². The normalized spacial score (nSPS) is 38.2. The van der Waals surface area contributed by atoms with Crippen LogP contribution < -0.4 is 0 Å². The van der Waals surface area contributed by atoms with Crippen LogP contribution in [-0.2, 0) is 14.3 Å². The standard InChI is InChI=1S/C10H14O3/c1-6(11)9-7-4-2-3-5-8(7)13-10(9)12/h7-9H,2-5H2,1H3. The number of carbonyl (C=O) groups is 2. The summed E-state index contributed by atoms with van der Waals surface area (Å²) in [6, 6.07) is 0. The quantitative estimate of drug-likeness (QED) is 0.453. The van der Waals surface area contributed by atoms with Crippen LogP contribution in [0.2, 0.25) is 0 Å². The largest absolute Gasteiger partial charge is 0.461 e. The summed E-state index contributed by atoms with van der Waals surface area (Å²) in [5, 5.41) is 0. The van der Waals surface area contributed by atoms with Gasteiger partial charge < -0.3 is 4.74 Å². The molecule has 3 atom stereocenters. The van der Waals surface area contributed by atoms with Gasteiger partial charge in [-0.1, -0.05) is 6.42 Å². The zero-order valence-electron chi connectivity index (χ0n) is 7.79. The van der Waals surface area contributed by atoms with Crippen LogP contribution in [0.3, 0.4) is 0 Å². The molecule has 0 spiro atoms. The van der Waals surface area contributed by atoms with Crippen molar-refractivity contribution in [2.45, 2.75) is 38.7 Å². The van der Waals surface area contributed by atoms with Gasteiger partial charge in [-0.05, 0) is 26.2 Å². The Morgan fingerprint density at radius 3 is 2.77 bits per heavy atom. The molecule has 3 unspecified atom stereocenters. The van der Waals surface area contributed by atoms with Crippen LogP contribution in [0.15, 0.2) is 0 Å². The maximum absolute atomic E-state index is 11.3. The minimum Gasteiger partial charge on any atom is -0.461 e. The predicted molar refractivity (Wildman–Crippen MR) is 46.0 cm³/mol. The molecule has 1 aliphatic heterocycles. The van der Waals surface area contributed by atoms with Crippen LogP contribution in [-0.4, -0.2) is 17.9 Å². The molecule has 3 nitrogen and oxygen atoms in total. The Bertz CT molecular complexity index is 247. The molecule has 0 N–H and O–H groups in total. The summed E-state index contributed by atoms with van der Waals surface area (Å²) in [5.74, 6) is -0.590. The highest BCUT2D eigenvalue weighted by molar-refractivity contribution is 5.99. The first-order valence-corrected chi connectivity index (χ1v) is 4.91. The zero-order valence-corrected chi connectivity index (χ0v) is 7.79. The number of Topliss-reactive ketones (excluding diaryl/α,β-unsaturated/α-hetero) is 1. The first kappa shape index (κ1) is 8.73. The SMILES string of the molecule is CC(=O)C1C(=O)OC2CCCCC21. The fraction of sp³-hybridized carbons (Fsp3) is 0.800. The predicted octanol–water partition coefficient (Wildman–Crippen LogP) is 1.31. The molecule has 0 aromatic carbocycles. The summed E-state index contributed by atoms with van der Waals surface area (Å²) in [6.45, 7) is 1.49. The molecule has 0 amide bonds. The van der Waals surface area contributed by atoms with Gasteiger partial charge in [-0.25, -0.2) is 0 Å². The first-order valence-electron chi connectivity index (χ1n) is 4.91. The molecule has 2 fully saturated rings. The molecule has 1 aliphatic carbocycles. The van der Waals surface area contributed by atoms with Crippen molar-refractivity contribution >= 4 is 11.8 Å². The van der Waals surface area contributed by atoms with Crippen molar-refractivity contribution in [2.24, 2.45) is 11.8 Å². The number of ketones is 1. The summed E-state index contributed by atoms with van der Waals surface area (Å²) in [6.07, 6.45) is 4.21. The lowest BCUT2D eigenvalue weighted by Crippen LogP contribution is -2.28. The molecule has 0 aromatic heterocycles. The lowest BCUT2D eigenvalue weighted by atomic mass is 9.79. The van der Waals surface area contributed by atoms with Gasteiger partial charge in [-0.2, -0.15) is 0 Å². The molecule has 2 aliphatic rings. The van der Waals surface area contributed by atoms with Crippen molar-refractivity contribution in [1.29, 1.82) is 0 Å². The molecule has 0 aromatic rings. The van der Waals surface area contributed by atoms with Gasteiger partial charge >= 0.3 is 5.97 Å². The van der Waals surface area contributed by atoms with E-state index in [1.54, 1.807) is 0 Å². The van der Waals surface area contributed by atoms with Gasteiger partial charge in [0.2, 0.25) is 0 Å². The summed E-state index contributed by atoms with van der Waals surface area (Å²) in [7, 11) is 0. The fourth-order valence-electron chi connectivity index (χ4n) is 2.52. The van der Waals surface area contributed by atoms with Crippen LogP contribution in [0.5, 0.6) is 0 Å². The Kier molecular flexibility index (Phi) is 2.10. The van der Waals surface area contributed by atoms with Crippen LogP contribution in [0, 0.1) is 11.8 Å². The molecular weight excluding hydrogens is 168 g/mol. The zero-order chi connectivity index (χ0) is 9.42. The van der Waals surface area contributed by atoms with Gasteiger partial charge in [0.1, 0.15) is 17.8 Å². The van der Waals surface area contributed by atoms with E-state index in [-0.39, 0.29) is 23.8 Å². The third-order valence-electron chi connectivity index (χ3n) is 3.14. The average molecular weight is 182 g/mol. The van der Waals surface area contributed by atoms with Crippen molar-refractivity contribution in [2.75, 3.05) is 0 Å². The maximum atomic E-state index is 11.3. The molecular formula is C10H14O3. The lowest BCUT2D eigenvalue weighted by Gasteiger charge is -2.24. The average Bonchev–Trinajstić information content (AvgIpc) is 2.39. The Labute approximate surface area is 77.4 Å². The third kappa shape index (κ3) is 1.36. The second-order valence-corrected chi connectivity index (χ2v) is 4.01. The topological polar surface area (TPSA) is 43.4 Å². The second-order valence-electron chi connectivity index (χ2n) is 4.01. The molecule has 1 heterocycles. The Morgan fingerprint density at radius 1 is 1.38 bits per heavy atom. The number of fused-ring (bicyclic) bond motifs is 1. The van der Waals surface area contributed by atoms with E-state index >= 15 is 0 Å². The summed E-state index contributed by atoms with van der Waals surface area (Å²) < 4.78 is 5.18. The first-order chi connectivity index (χ1) is 6.20. The van der Waals surface area contributed by atoms with E-state index in [2.05, 4.69) is 0 Å². The van der Waals surface area contributed by atoms with E-state index in [0.717, 1.165) is 25.7 Å². The minimum atomic E-state index is -0.453. The van der Waals surface area contributed by atoms with E-state index in [9.17, 15) is 9.59 Å². The number of rotatable bonds is 1. The van der Waals surface area contributed by atoms with Crippen LogP contribution in [0.25, 0.3) is 0 Å². The summed E-state index contributed by atoms with van der Waals surface area (Å²) >= 11 is 0. The number of hydrogen-bond acceptors (Lipinski definition) is 3. The van der Waals surface area contributed by atoms with Gasteiger partial charge in [0, 0.05) is 5.92 Å². The Hall–Kier alpha value is -0.860. The molecule has 1 saturated heterocycles. The molecule has 0 radical (unpaired) electrons. The third-order valence-corrected chi connectivity index (χ3v) is 3.14. The molecule has 72 valence electrons. The lowest BCUT2D eigenvalue weighted by molar-refractivity contribution is -0.146. The number of esters is 1. The Morgan fingerprint density at radius 2 is 2.08 bits per heavy atom. The number of hydrogen-bond donors (Lipinski definition) is 0. The molecule has 3 heteroatoms. The fourth-order valence-corrected chi connectivity index (χ4v) is 2.52. The maximum Gasteiger partial charge on any atom is 0.317 e. The summed E-state index contributed by atoms with van der Waals surface area (Å²) in [4.78, 5) is 22.5. The minimum absolute atomic E-state index is 0.0283. The van der Waals surface area contributed by atoms with Crippen molar-refractivity contribution in [1.82, 2.24) is 0 Å². The highest BCUT2D eigenvalue weighted by Gasteiger charge is 2.47. The highest BCUT2D eigenvalue weighted by atomic mass is 16.6. The van der Waals surface area contributed by atoms with Crippen molar-refractivity contribution < 1.29 is 14.3 Å². The van der Waals surface area contributed by atoms with Gasteiger partial charge in [0.15, 0.2) is 0 Å². The van der Waals surface area contributed by atoms with E-state index in [0.29, 0.717) is 0 Å². The number of carbonyl (C=O) groups excluding carboxylic acids is 2. The van der Waals surface area contributed by atoms with Crippen LogP contribution in [0.4, 0.5) is 0 Å². The summed E-state index contributed by atoms with van der Waals surface area (Å²) in [5.41, 5.74) is 0. The smallest absolute Gasteiger partial charge is 0.317 e. The van der Waals surface area contributed by atoms with Gasteiger partial charge in [-0.3, -0.25) is 9.59 Å². The van der Waals surface area contributed by atoms with Gasteiger partial charge in [0.05, 0.1) is 0 Å². The van der Waals surface area contributed by atoms with Crippen molar-refractivity contribution in [3.8, 4) is 0 Å². The second kappa shape index (κ2) is 3.13. The molecule has 2 rings (SSSR count). The van der Waals surface area contributed by atoms with Crippen LogP contribution >= 0.6 is 0 Å². The molecule has 13 heavy (non-hydrogen) atoms. The van der Waals surface area contributed by atoms with E-state index in [1.807, 2.05) is 0 Å². The molecule has 0 bridgehead atoms. The highest BCUT2D eigenvalue weighted by Crippen LogP contribution is 2.39. The Balaban J connectivity index is 2.18. The van der Waals surface area contributed by atoms with Gasteiger partial charge in [-0.15, -0.1) is 0 Å². The molecule has 1 saturated carbocycles. The van der Waals surface area contributed by atoms with Crippen LogP contribution in [0.1, 0.15) is 32.6 Å². The van der Waals surface area contributed by atoms with Gasteiger partial charge in [0.25, 0.3) is 0 Å². The van der Waals surface area contributed by atoms with E-state index in [1.165, 1.54) is 6.92 Å². The monoisotopic (exact) mass is 182 g/mol. The van der Waals surface area contributed by atoms with Crippen molar-refractivity contribution in [3.63, 3.8) is 0 Å². The number of ether oxygens (including phenoxy) is 1.